The highest BCUT2D eigenvalue weighted by Gasteiger charge is 2.36. The predicted octanol–water partition coefficient (Wildman–Crippen LogP) is 5.08. The number of rotatable bonds is 9. The van der Waals surface area contributed by atoms with E-state index < -0.39 is 29.4 Å². The Balaban J connectivity index is 1.72. The molecule has 174 valence electrons. The van der Waals surface area contributed by atoms with Gasteiger partial charge in [-0.15, -0.1) is 0 Å². The van der Waals surface area contributed by atoms with Crippen molar-refractivity contribution in [1.82, 2.24) is 4.90 Å². The van der Waals surface area contributed by atoms with E-state index in [-0.39, 0.29) is 11.0 Å². The zero-order chi connectivity index (χ0) is 24.0. The summed E-state index contributed by atoms with van der Waals surface area (Å²) >= 11 is 0.761. The maximum Gasteiger partial charge on any atom is 0.294 e. The average molecular weight is 473 g/mol. The standard InChI is InChI=1S/C24H25FN2O5S/c1-4-15(3)32-19-11-6-16(12-20(19)31-5-2)13-21-23(29)27(24(30)33-21)14-22(28)26-18-9-7-17(25)8-10-18/h6-13,15H,4-5,14H2,1-3H3,(H,26,28)/b21-13+/t15-/m0/s1. The summed E-state index contributed by atoms with van der Waals surface area (Å²) in [4.78, 5) is 38.4. The van der Waals surface area contributed by atoms with Crippen LogP contribution in [0.3, 0.4) is 0 Å². The zero-order valence-electron chi connectivity index (χ0n) is 18.6. The van der Waals surface area contributed by atoms with Gasteiger partial charge >= 0.3 is 0 Å². The molecule has 1 saturated heterocycles. The molecule has 7 nitrogen and oxygen atoms in total. The van der Waals surface area contributed by atoms with Crippen molar-refractivity contribution in [3.8, 4) is 11.5 Å². The largest absolute Gasteiger partial charge is 0.490 e. The van der Waals surface area contributed by atoms with Crippen molar-refractivity contribution < 1.29 is 28.2 Å². The highest BCUT2D eigenvalue weighted by Crippen LogP contribution is 2.35. The molecule has 1 aliphatic heterocycles. The second-order valence-corrected chi connectivity index (χ2v) is 8.29. The van der Waals surface area contributed by atoms with E-state index in [0.717, 1.165) is 23.1 Å². The Kier molecular flexibility index (Phi) is 8.11. The van der Waals surface area contributed by atoms with E-state index in [4.69, 9.17) is 9.47 Å². The van der Waals surface area contributed by atoms with Gasteiger partial charge in [0.15, 0.2) is 11.5 Å². The van der Waals surface area contributed by atoms with Gasteiger partial charge in [0.1, 0.15) is 12.4 Å². The minimum Gasteiger partial charge on any atom is -0.490 e. The van der Waals surface area contributed by atoms with E-state index in [1.807, 2.05) is 20.8 Å². The molecule has 2 aromatic carbocycles. The number of imide groups is 1. The third-order valence-electron chi connectivity index (χ3n) is 4.77. The Morgan fingerprint density at radius 2 is 1.88 bits per heavy atom. The van der Waals surface area contributed by atoms with Gasteiger partial charge in [-0.05, 0) is 80.1 Å². The summed E-state index contributed by atoms with van der Waals surface area (Å²) < 4.78 is 24.6. The van der Waals surface area contributed by atoms with E-state index in [0.29, 0.717) is 29.4 Å². The molecule has 1 atom stereocenters. The summed E-state index contributed by atoms with van der Waals surface area (Å²) in [6.45, 7) is 5.86. The first-order chi connectivity index (χ1) is 15.8. The number of thioether (sulfide) groups is 1. The van der Waals surface area contributed by atoms with E-state index >= 15 is 0 Å². The number of ether oxygens (including phenoxy) is 2. The lowest BCUT2D eigenvalue weighted by Gasteiger charge is -2.16. The molecule has 0 spiro atoms. The predicted molar refractivity (Wildman–Crippen MR) is 126 cm³/mol. The van der Waals surface area contributed by atoms with Gasteiger partial charge in [-0.1, -0.05) is 13.0 Å². The fraction of sp³-hybridized carbons (Fsp3) is 0.292. The summed E-state index contributed by atoms with van der Waals surface area (Å²) in [5, 5.41) is 2.00. The number of hydrogen-bond acceptors (Lipinski definition) is 6. The second-order valence-electron chi connectivity index (χ2n) is 7.30. The molecular formula is C24H25FN2O5S. The van der Waals surface area contributed by atoms with Gasteiger partial charge in [-0.25, -0.2) is 4.39 Å². The molecule has 3 amide bonds. The molecule has 0 radical (unpaired) electrons. The Hall–Kier alpha value is -3.33. The fourth-order valence-electron chi connectivity index (χ4n) is 2.95. The van der Waals surface area contributed by atoms with E-state index in [2.05, 4.69) is 5.32 Å². The monoisotopic (exact) mass is 472 g/mol. The van der Waals surface area contributed by atoms with Gasteiger partial charge in [-0.3, -0.25) is 19.3 Å². The SMILES string of the molecule is CCOc1cc(/C=C2/SC(=O)N(CC(=O)Nc3ccc(F)cc3)C2=O)ccc1O[C@@H](C)CC. The minimum atomic E-state index is -0.560. The van der Waals surface area contributed by atoms with Crippen LogP contribution < -0.4 is 14.8 Å². The Bertz CT molecular complexity index is 1070. The number of carbonyl (C=O) groups excluding carboxylic acids is 3. The molecular weight excluding hydrogens is 447 g/mol. The van der Waals surface area contributed by atoms with Crippen LogP contribution in [0.4, 0.5) is 14.9 Å². The lowest BCUT2D eigenvalue weighted by atomic mass is 10.1. The number of benzene rings is 2. The summed E-state index contributed by atoms with van der Waals surface area (Å²) in [7, 11) is 0. The van der Waals surface area contributed by atoms with Crippen molar-refractivity contribution in [3.63, 3.8) is 0 Å². The van der Waals surface area contributed by atoms with E-state index in [1.54, 1.807) is 24.3 Å². The number of nitrogens with one attached hydrogen (secondary N) is 1. The Morgan fingerprint density at radius 3 is 2.55 bits per heavy atom. The van der Waals surface area contributed by atoms with Crippen molar-refractivity contribution in [2.24, 2.45) is 0 Å². The Morgan fingerprint density at radius 1 is 1.15 bits per heavy atom. The molecule has 0 aliphatic carbocycles. The van der Waals surface area contributed by atoms with Crippen LogP contribution in [0.15, 0.2) is 47.4 Å². The highest BCUT2D eigenvalue weighted by atomic mass is 32.2. The number of amides is 3. The van der Waals surface area contributed by atoms with Crippen LogP contribution in [0, 0.1) is 5.82 Å². The number of nitrogens with zero attached hydrogens (tertiary/aromatic N) is 1. The van der Waals surface area contributed by atoms with Crippen LogP contribution in [0.1, 0.15) is 32.8 Å². The van der Waals surface area contributed by atoms with Crippen molar-refractivity contribution in [2.75, 3.05) is 18.5 Å². The van der Waals surface area contributed by atoms with Crippen LogP contribution in [0.25, 0.3) is 6.08 Å². The number of hydrogen-bond donors (Lipinski definition) is 1. The average Bonchev–Trinajstić information content (AvgIpc) is 3.04. The lowest BCUT2D eigenvalue weighted by Crippen LogP contribution is -2.36. The summed E-state index contributed by atoms with van der Waals surface area (Å²) in [5.74, 6) is -0.401. The van der Waals surface area contributed by atoms with Gasteiger partial charge in [0.25, 0.3) is 11.1 Å². The molecule has 9 heteroatoms. The zero-order valence-corrected chi connectivity index (χ0v) is 19.4. The third kappa shape index (κ3) is 6.35. The first kappa shape index (κ1) is 24.3. The molecule has 33 heavy (non-hydrogen) atoms. The summed E-state index contributed by atoms with van der Waals surface area (Å²) in [6, 6.07) is 10.5. The first-order valence-corrected chi connectivity index (χ1v) is 11.4. The Labute approximate surface area is 195 Å². The molecule has 3 rings (SSSR count). The normalized spacial score (nSPS) is 15.6. The summed E-state index contributed by atoms with van der Waals surface area (Å²) in [6.07, 6.45) is 2.45. The molecule has 1 N–H and O–H groups in total. The third-order valence-corrected chi connectivity index (χ3v) is 5.68. The molecule has 0 bridgehead atoms. The quantitative estimate of drug-likeness (QED) is 0.513. The van der Waals surface area contributed by atoms with Crippen molar-refractivity contribution in [1.29, 1.82) is 0 Å². The summed E-state index contributed by atoms with van der Waals surface area (Å²) in [5.41, 5.74) is 1.03. The maximum absolute atomic E-state index is 13.0. The molecule has 1 aliphatic rings. The van der Waals surface area contributed by atoms with E-state index in [9.17, 15) is 18.8 Å². The van der Waals surface area contributed by atoms with Gasteiger partial charge in [0, 0.05) is 5.69 Å². The minimum absolute atomic E-state index is 0.0209. The topological polar surface area (TPSA) is 84.9 Å². The number of halogens is 1. The fourth-order valence-corrected chi connectivity index (χ4v) is 3.78. The van der Waals surface area contributed by atoms with Crippen LogP contribution in [-0.4, -0.2) is 41.2 Å². The highest BCUT2D eigenvalue weighted by molar-refractivity contribution is 8.18. The number of anilines is 1. The van der Waals surface area contributed by atoms with Gasteiger partial charge < -0.3 is 14.8 Å². The molecule has 0 saturated carbocycles. The van der Waals surface area contributed by atoms with Gasteiger partial charge in [0.2, 0.25) is 5.91 Å². The van der Waals surface area contributed by atoms with Crippen LogP contribution >= 0.6 is 11.8 Å². The molecule has 0 unspecified atom stereocenters. The van der Waals surface area contributed by atoms with Crippen molar-refractivity contribution in [2.45, 2.75) is 33.3 Å². The molecule has 2 aromatic rings. The number of carbonyl (C=O) groups is 3. The van der Waals surface area contributed by atoms with Gasteiger partial charge in [-0.2, -0.15) is 0 Å². The van der Waals surface area contributed by atoms with Crippen LogP contribution in [0.2, 0.25) is 0 Å². The van der Waals surface area contributed by atoms with Crippen LogP contribution in [-0.2, 0) is 9.59 Å². The van der Waals surface area contributed by atoms with E-state index in [1.165, 1.54) is 24.3 Å². The smallest absolute Gasteiger partial charge is 0.294 e. The second kappa shape index (κ2) is 11.0. The first-order valence-electron chi connectivity index (χ1n) is 10.5. The molecule has 1 heterocycles. The lowest BCUT2D eigenvalue weighted by molar-refractivity contribution is -0.127. The maximum atomic E-state index is 13.0. The molecule has 0 aromatic heterocycles. The van der Waals surface area contributed by atoms with Crippen molar-refractivity contribution in [3.05, 3.63) is 58.8 Å². The molecule has 1 fully saturated rings. The van der Waals surface area contributed by atoms with Gasteiger partial charge in [0.05, 0.1) is 17.6 Å². The van der Waals surface area contributed by atoms with Crippen molar-refractivity contribution >= 4 is 40.6 Å². The van der Waals surface area contributed by atoms with Crippen LogP contribution in [0.5, 0.6) is 11.5 Å².